The molecule has 2 aromatic rings. The molecule has 89 valence electrons. The van der Waals surface area contributed by atoms with Crippen LogP contribution in [-0.4, -0.2) is 17.6 Å². The minimum absolute atomic E-state index is 0.0465. The number of hydrogen-bond donors (Lipinski definition) is 1. The first-order valence-corrected chi connectivity index (χ1v) is 5.80. The summed E-state index contributed by atoms with van der Waals surface area (Å²) in [6.07, 6.45) is 3.56. The fraction of sp³-hybridized carbons (Fsp3) is 0.286. The Morgan fingerprint density at radius 3 is 3.00 bits per heavy atom. The zero-order chi connectivity index (χ0) is 12.3. The third-order valence-corrected chi connectivity index (χ3v) is 2.78. The van der Waals surface area contributed by atoms with Gasteiger partial charge in [-0.3, -0.25) is 4.79 Å². The van der Waals surface area contributed by atoms with Crippen molar-refractivity contribution in [3.05, 3.63) is 42.4 Å². The summed E-state index contributed by atoms with van der Waals surface area (Å²) in [4.78, 5) is 14.6. The average Bonchev–Trinajstić information content (AvgIpc) is 2.72. The Balaban J connectivity index is 2.19. The lowest BCUT2D eigenvalue weighted by Crippen LogP contribution is -2.09. The minimum Gasteiger partial charge on any atom is -0.466 e. The number of rotatable bonds is 4. The van der Waals surface area contributed by atoms with Gasteiger partial charge in [0.1, 0.15) is 0 Å². The van der Waals surface area contributed by atoms with Gasteiger partial charge in [-0.25, -0.2) is 0 Å². The van der Waals surface area contributed by atoms with Gasteiger partial charge in [-0.2, -0.15) is 0 Å². The van der Waals surface area contributed by atoms with Gasteiger partial charge in [0.25, 0.3) is 0 Å². The van der Waals surface area contributed by atoms with E-state index in [0.717, 1.165) is 16.5 Å². The quantitative estimate of drug-likeness (QED) is 0.820. The number of esters is 1. The summed E-state index contributed by atoms with van der Waals surface area (Å²) in [5.41, 5.74) is 2.21. The number of para-hydroxylation sites is 1. The van der Waals surface area contributed by atoms with Gasteiger partial charge < -0.3 is 9.72 Å². The van der Waals surface area contributed by atoms with Crippen LogP contribution in [0.2, 0.25) is 0 Å². The number of aromatic nitrogens is 1. The van der Waals surface area contributed by atoms with Gasteiger partial charge >= 0.3 is 5.97 Å². The van der Waals surface area contributed by atoms with Crippen LogP contribution >= 0.6 is 0 Å². The highest BCUT2D eigenvalue weighted by Crippen LogP contribution is 2.27. The summed E-state index contributed by atoms with van der Waals surface area (Å²) >= 11 is 0. The van der Waals surface area contributed by atoms with E-state index in [9.17, 15) is 4.79 Å². The summed E-state index contributed by atoms with van der Waals surface area (Å²) in [5.74, 6) is -0.213. The van der Waals surface area contributed by atoms with E-state index >= 15 is 0 Å². The smallest absolute Gasteiger partial charge is 0.310 e. The number of carbonyl (C=O) groups excluding carboxylic acids is 1. The fourth-order valence-electron chi connectivity index (χ4n) is 1.95. The predicted molar refractivity (Wildman–Crippen MR) is 67.6 cm³/mol. The van der Waals surface area contributed by atoms with Gasteiger partial charge in [-0.1, -0.05) is 25.1 Å². The van der Waals surface area contributed by atoms with Crippen LogP contribution in [0.15, 0.2) is 30.5 Å². The van der Waals surface area contributed by atoms with Crippen LogP contribution in [0.1, 0.15) is 25.3 Å². The maximum absolute atomic E-state index is 11.4. The first-order chi connectivity index (χ1) is 8.22. The van der Waals surface area contributed by atoms with E-state index in [0.29, 0.717) is 6.61 Å². The largest absolute Gasteiger partial charge is 0.466 e. The van der Waals surface area contributed by atoms with Crippen molar-refractivity contribution in [1.29, 1.82) is 0 Å². The Morgan fingerprint density at radius 2 is 2.24 bits per heavy atom. The molecule has 0 aliphatic carbocycles. The molecule has 2 rings (SSSR count). The zero-order valence-electron chi connectivity index (χ0n) is 10.1. The van der Waals surface area contributed by atoms with Crippen molar-refractivity contribution in [3.8, 4) is 0 Å². The van der Waals surface area contributed by atoms with Crippen LogP contribution in [0.5, 0.6) is 0 Å². The molecule has 0 bridgehead atoms. The number of aromatic amines is 1. The highest BCUT2D eigenvalue weighted by molar-refractivity contribution is 5.86. The lowest BCUT2D eigenvalue weighted by molar-refractivity contribution is -0.139. The van der Waals surface area contributed by atoms with Gasteiger partial charge in [0.05, 0.1) is 13.0 Å². The number of ether oxygens (including phenoxy) is 1. The molecule has 17 heavy (non-hydrogen) atoms. The summed E-state index contributed by atoms with van der Waals surface area (Å²) in [7, 11) is 0. The number of carbonyl (C=O) groups is 1. The van der Waals surface area contributed by atoms with E-state index in [4.69, 9.17) is 4.74 Å². The molecule has 1 radical (unpaired) electrons. The molecule has 1 aromatic carbocycles. The van der Waals surface area contributed by atoms with E-state index < -0.39 is 0 Å². The maximum Gasteiger partial charge on any atom is 0.310 e. The van der Waals surface area contributed by atoms with E-state index in [-0.39, 0.29) is 11.9 Å². The highest BCUT2D eigenvalue weighted by Gasteiger charge is 2.15. The van der Waals surface area contributed by atoms with Crippen LogP contribution in [0.4, 0.5) is 0 Å². The molecule has 0 aliphatic heterocycles. The van der Waals surface area contributed by atoms with Crippen LogP contribution in [0.3, 0.4) is 0 Å². The number of fused-ring (bicyclic) bond motifs is 1. The Morgan fingerprint density at radius 1 is 1.47 bits per heavy atom. The molecule has 0 fully saturated rings. The lowest BCUT2D eigenvalue weighted by atomic mass is 9.97. The molecule has 1 atom stereocenters. The molecule has 0 amide bonds. The fourth-order valence-corrected chi connectivity index (χ4v) is 1.95. The molecule has 0 saturated carbocycles. The Bertz CT molecular complexity index is 516. The van der Waals surface area contributed by atoms with E-state index in [1.54, 1.807) is 6.42 Å². The Kier molecular flexibility index (Phi) is 3.47. The van der Waals surface area contributed by atoms with Crippen molar-refractivity contribution < 1.29 is 9.53 Å². The molecule has 0 spiro atoms. The minimum atomic E-state index is -0.259. The van der Waals surface area contributed by atoms with Crippen molar-refractivity contribution in [3.63, 3.8) is 0 Å². The highest BCUT2D eigenvalue weighted by atomic mass is 16.5. The van der Waals surface area contributed by atoms with Gasteiger partial charge in [-0.05, 0) is 24.5 Å². The van der Waals surface area contributed by atoms with Crippen LogP contribution in [-0.2, 0) is 9.53 Å². The predicted octanol–water partition coefficient (Wildman–Crippen LogP) is 3.04. The topological polar surface area (TPSA) is 42.1 Å². The van der Waals surface area contributed by atoms with Gasteiger partial charge in [-0.15, -0.1) is 0 Å². The van der Waals surface area contributed by atoms with E-state index in [2.05, 4.69) is 11.1 Å². The number of hydrogen-bond acceptors (Lipinski definition) is 2. The molecular formula is C14H16NO2. The van der Waals surface area contributed by atoms with Gasteiger partial charge in [0.15, 0.2) is 0 Å². The number of nitrogens with one attached hydrogen (secondary N) is 1. The van der Waals surface area contributed by atoms with Crippen LogP contribution in [0, 0.1) is 6.42 Å². The average molecular weight is 230 g/mol. The second-order valence-corrected chi connectivity index (χ2v) is 4.00. The second kappa shape index (κ2) is 5.04. The Labute approximate surface area is 101 Å². The van der Waals surface area contributed by atoms with Crippen molar-refractivity contribution >= 4 is 16.9 Å². The Hall–Kier alpha value is -1.77. The first-order valence-electron chi connectivity index (χ1n) is 5.80. The molecule has 1 N–H and O–H groups in total. The monoisotopic (exact) mass is 230 g/mol. The molecule has 0 saturated heterocycles. The molecule has 1 aromatic heterocycles. The summed E-state index contributed by atoms with van der Waals surface area (Å²) in [6, 6.07) is 8.06. The molecule has 3 heteroatoms. The van der Waals surface area contributed by atoms with Crippen molar-refractivity contribution in [2.75, 3.05) is 6.61 Å². The normalized spacial score (nSPS) is 12.6. The number of benzene rings is 1. The third-order valence-electron chi connectivity index (χ3n) is 2.78. The zero-order valence-corrected chi connectivity index (χ0v) is 10.1. The molecule has 1 unspecified atom stereocenters. The first kappa shape index (κ1) is 11.7. The standard InChI is InChI=1S/C14H16NO2/c1-3-17-14(16)8-10(2)12-9-15-13-7-5-4-6-11(12)13/h4-10,15H,3H2,1-2H3. The van der Waals surface area contributed by atoms with E-state index in [1.807, 2.05) is 38.2 Å². The summed E-state index contributed by atoms with van der Waals surface area (Å²) < 4.78 is 4.92. The summed E-state index contributed by atoms with van der Waals surface area (Å²) in [5, 5.41) is 1.15. The van der Waals surface area contributed by atoms with Crippen LogP contribution in [0.25, 0.3) is 10.9 Å². The molecular weight excluding hydrogens is 214 g/mol. The second-order valence-electron chi connectivity index (χ2n) is 4.00. The molecule has 0 aliphatic rings. The number of H-pyrrole nitrogens is 1. The van der Waals surface area contributed by atoms with E-state index in [1.165, 1.54) is 0 Å². The SMILES string of the molecule is CCOC(=O)[CH]C(C)c1c[nH]c2ccccc12. The lowest BCUT2D eigenvalue weighted by Gasteiger charge is -2.09. The van der Waals surface area contributed by atoms with Crippen molar-refractivity contribution in [2.45, 2.75) is 19.8 Å². The molecule has 1 heterocycles. The third kappa shape index (κ3) is 2.49. The van der Waals surface area contributed by atoms with Crippen LogP contribution < -0.4 is 0 Å². The molecule has 3 nitrogen and oxygen atoms in total. The van der Waals surface area contributed by atoms with Gasteiger partial charge in [0, 0.05) is 17.1 Å². The summed E-state index contributed by atoms with van der Waals surface area (Å²) in [6.45, 7) is 4.21. The van der Waals surface area contributed by atoms with Crippen molar-refractivity contribution in [2.24, 2.45) is 0 Å². The maximum atomic E-state index is 11.4. The van der Waals surface area contributed by atoms with Crippen molar-refractivity contribution in [1.82, 2.24) is 4.98 Å². The van der Waals surface area contributed by atoms with Gasteiger partial charge in [0.2, 0.25) is 0 Å².